The summed E-state index contributed by atoms with van der Waals surface area (Å²) in [5.41, 5.74) is 5.74. The van der Waals surface area contributed by atoms with Crippen molar-refractivity contribution < 1.29 is 4.79 Å². The summed E-state index contributed by atoms with van der Waals surface area (Å²) in [7, 11) is 4.12. The Balaban J connectivity index is 2.44. The third kappa shape index (κ3) is 7.28. The fourth-order valence-electron chi connectivity index (χ4n) is 3.13. The van der Waals surface area contributed by atoms with E-state index in [0.29, 0.717) is 23.7 Å². The molecular weight excluding hydrogens is 262 g/mol. The van der Waals surface area contributed by atoms with E-state index in [4.69, 9.17) is 5.73 Å². The van der Waals surface area contributed by atoms with Gasteiger partial charge in [0.25, 0.3) is 0 Å². The lowest BCUT2D eigenvalue weighted by atomic mass is 9.80. The van der Waals surface area contributed by atoms with Gasteiger partial charge >= 0.3 is 0 Å². The van der Waals surface area contributed by atoms with E-state index in [1.54, 1.807) is 0 Å². The molecule has 2 N–H and O–H groups in total. The molecule has 0 aromatic heterocycles. The third-order valence-corrected chi connectivity index (χ3v) is 4.52. The minimum absolute atomic E-state index is 0.349. The predicted octanol–water partition coefficient (Wildman–Crippen LogP) is 2.19. The molecule has 0 heterocycles. The van der Waals surface area contributed by atoms with Crippen LogP contribution < -0.4 is 5.73 Å². The van der Waals surface area contributed by atoms with Crippen molar-refractivity contribution >= 4 is 5.91 Å². The van der Waals surface area contributed by atoms with Gasteiger partial charge in [-0.1, -0.05) is 13.8 Å². The van der Waals surface area contributed by atoms with E-state index in [1.807, 2.05) is 0 Å². The van der Waals surface area contributed by atoms with Crippen LogP contribution >= 0.6 is 0 Å². The molecule has 0 aliphatic heterocycles. The van der Waals surface area contributed by atoms with Crippen LogP contribution in [0.4, 0.5) is 0 Å². The van der Waals surface area contributed by atoms with Gasteiger partial charge in [-0.05, 0) is 64.1 Å². The molecule has 1 saturated carbocycles. The first-order valence-electron chi connectivity index (χ1n) is 8.55. The highest BCUT2D eigenvalue weighted by molar-refractivity contribution is 5.76. The maximum absolute atomic E-state index is 12.6. The summed E-state index contributed by atoms with van der Waals surface area (Å²) in [6.45, 7) is 7.85. The number of hydrogen-bond acceptors (Lipinski definition) is 3. The molecule has 0 aromatic carbocycles. The van der Waals surface area contributed by atoms with E-state index in [-0.39, 0.29) is 0 Å². The van der Waals surface area contributed by atoms with E-state index >= 15 is 0 Å². The number of carbonyl (C=O) groups excluding carboxylic acids is 1. The van der Waals surface area contributed by atoms with Gasteiger partial charge in [0.05, 0.1) is 0 Å². The van der Waals surface area contributed by atoms with Crippen LogP contribution in [0.3, 0.4) is 0 Å². The Morgan fingerprint density at radius 3 is 2.14 bits per heavy atom. The van der Waals surface area contributed by atoms with Crippen LogP contribution in [0.15, 0.2) is 0 Å². The Hall–Kier alpha value is -0.610. The number of hydrogen-bond donors (Lipinski definition) is 1. The molecule has 1 rings (SSSR count). The van der Waals surface area contributed by atoms with Crippen LogP contribution in [0.1, 0.15) is 46.0 Å². The highest BCUT2D eigenvalue weighted by Gasteiger charge is 2.24. The Labute approximate surface area is 131 Å². The number of nitrogens with two attached hydrogens (primary N) is 1. The largest absolute Gasteiger partial charge is 0.341 e. The summed E-state index contributed by atoms with van der Waals surface area (Å²) in [5.74, 6) is 2.15. The molecule has 1 fully saturated rings. The first-order chi connectivity index (χ1) is 9.92. The summed E-state index contributed by atoms with van der Waals surface area (Å²) >= 11 is 0. The number of rotatable bonds is 8. The summed E-state index contributed by atoms with van der Waals surface area (Å²) < 4.78 is 0. The van der Waals surface area contributed by atoms with Crippen molar-refractivity contribution in [2.75, 3.05) is 40.3 Å². The molecule has 4 heteroatoms. The zero-order chi connectivity index (χ0) is 15.8. The van der Waals surface area contributed by atoms with Gasteiger partial charge in [0.1, 0.15) is 0 Å². The normalized spacial score (nSPS) is 22.8. The highest BCUT2D eigenvalue weighted by Crippen LogP contribution is 2.30. The summed E-state index contributed by atoms with van der Waals surface area (Å²) in [4.78, 5) is 16.8. The van der Waals surface area contributed by atoms with Crippen LogP contribution in [0.5, 0.6) is 0 Å². The van der Waals surface area contributed by atoms with Crippen molar-refractivity contribution in [3.05, 3.63) is 0 Å². The Morgan fingerprint density at radius 2 is 1.67 bits per heavy atom. The van der Waals surface area contributed by atoms with E-state index in [1.165, 1.54) is 25.7 Å². The lowest BCUT2D eigenvalue weighted by Gasteiger charge is -2.31. The lowest BCUT2D eigenvalue weighted by molar-refractivity contribution is -0.133. The zero-order valence-electron chi connectivity index (χ0n) is 14.5. The van der Waals surface area contributed by atoms with Crippen LogP contribution in [-0.4, -0.2) is 56.0 Å². The Kier molecular flexibility index (Phi) is 8.27. The van der Waals surface area contributed by atoms with Gasteiger partial charge < -0.3 is 15.5 Å². The van der Waals surface area contributed by atoms with Crippen molar-refractivity contribution in [2.24, 2.45) is 23.5 Å². The maximum Gasteiger partial charge on any atom is 0.222 e. The minimum Gasteiger partial charge on any atom is -0.341 e. The van der Waals surface area contributed by atoms with Crippen LogP contribution in [0, 0.1) is 17.8 Å². The average Bonchev–Trinajstić information content (AvgIpc) is 2.43. The molecule has 1 aliphatic rings. The minimum atomic E-state index is 0.349. The highest BCUT2D eigenvalue weighted by atomic mass is 16.2. The van der Waals surface area contributed by atoms with E-state index < -0.39 is 0 Å². The van der Waals surface area contributed by atoms with Gasteiger partial charge in [0.15, 0.2) is 0 Å². The van der Waals surface area contributed by atoms with E-state index in [0.717, 1.165) is 32.6 Å². The van der Waals surface area contributed by atoms with Gasteiger partial charge in [0, 0.05) is 26.1 Å². The van der Waals surface area contributed by atoms with Crippen molar-refractivity contribution in [1.29, 1.82) is 0 Å². The standard InChI is InChI=1S/C17H35N3O/c1-14(2)13-20(10-9-19(3)4)17(21)11-15-5-7-16(12-18)8-6-15/h14-16H,5-13,18H2,1-4H3. The Bertz CT molecular complexity index is 296. The average molecular weight is 297 g/mol. The molecule has 1 amide bonds. The van der Waals surface area contributed by atoms with Gasteiger partial charge in [-0.15, -0.1) is 0 Å². The summed E-state index contributed by atoms with van der Waals surface area (Å²) in [5, 5.41) is 0. The predicted molar refractivity (Wildman–Crippen MR) is 89.1 cm³/mol. The third-order valence-electron chi connectivity index (χ3n) is 4.52. The number of nitrogens with zero attached hydrogens (tertiary/aromatic N) is 2. The van der Waals surface area contributed by atoms with Crippen molar-refractivity contribution in [2.45, 2.75) is 46.0 Å². The molecule has 0 bridgehead atoms. The van der Waals surface area contributed by atoms with Gasteiger partial charge in [-0.2, -0.15) is 0 Å². The summed E-state index contributed by atoms with van der Waals surface area (Å²) in [6.07, 6.45) is 5.50. The first-order valence-corrected chi connectivity index (χ1v) is 8.55. The number of carbonyl (C=O) groups is 1. The second kappa shape index (κ2) is 9.42. The molecule has 4 nitrogen and oxygen atoms in total. The van der Waals surface area contributed by atoms with Crippen LogP contribution in [0.25, 0.3) is 0 Å². The summed E-state index contributed by atoms with van der Waals surface area (Å²) in [6, 6.07) is 0. The van der Waals surface area contributed by atoms with Gasteiger partial charge in [-0.25, -0.2) is 0 Å². The molecule has 0 saturated heterocycles. The lowest BCUT2D eigenvalue weighted by Crippen LogP contribution is -2.40. The Morgan fingerprint density at radius 1 is 1.10 bits per heavy atom. The van der Waals surface area contributed by atoms with Crippen molar-refractivity contribution in [1.82, 2.24) is 9.80 Å². The molecule has 0 atom stereocenters. The molecule has 0 spiro atoms. The molecule has 0 radical (unpaired) electrons. The van der Waals surface area contributed by atoms with Crippen LogP contribution in [0.2, 0.25) is 0 Å². The zero-order valence-corrected chi connectivity index (χ0v) is 14.5. The fraction of sp³-hybridized carbons (Fsp3) is 0.941. The molecule has 0 aromatic rings. The quantitative estimate of drug-likeness (QED) is 0.747. The fourth-order valence-corrected chi connectivity index (χ4v) is 3.13. The van der Waals surface area contributed by atoms with Gasteiger partial charge in [0.2, 0.25) is 5.91 Å². The second-order valence-electron chi connectivity index (χ2n) is 7.36. The second-order valence-corrected chi connectivity index (χ2v) is 7.36. The number of likely N-dealkylation sites (N-methyl/N-ethyl adjacent to an activating group) is 1. The van der Waals surface area contributed by atoms with Crippen molar-refractivity contribution in [3.63, 3.8) is 0 Å². The topological polar surface area (TPSA) is 49.6 Å². The van der Waals surface area contributed by atoms with Gasteiger partial charge in [-0.3, -0.25) is 4.79 Å². The van der Waals surface area contributed by atoms with Crippen molar-refractivity contribution in [3.8, 4) is 0 Å². The molecule has 0 unspecified atom stereocenters. The van der Waals surface area contributed by atoms with E-state index in [2.05, 4.69) is 37.7 Å². The first kappa shape index (κ1) is 18.4. The smallest absolute Gasteiger partial charge is 0.222 e. The number of amides is 1. The molecule has 124 valence electrons. The monoisotopic (exact) mass is 297 g/mol. The van der Waals surface area contributed by atoms with Crippen LogP contribution in [-0.2, 0) is 4.79 Å². The SMILES string of the molecule is CC(C)CN(CCN(C)C)C(=O)CC1CCC(CN)CC1. The molecule has 21 heavy (non-hydrogen) atoms. The molecular formula is C17H35N3O. The van der Waals surface area contributed by atoms with E-state index in [9.17, 15) is 4.79 Å². The maximum atomic E-state index is 12.6. The molecule has 1 aliphatic carbocycles.